The molecule has 1 aromatic carbocycles. The Balaban J connectivity index is 2.24. The Morgan fingerprint density at radius 2 is 1.94 bits per heavy atom. The van der Waals surface area contributed by atoms with Crippen LogP contribution >= 0.6 is 0 Å². The van der Waals surface area contributed by atoms with Crippen molar-refractivity contribution >= 4 is 23.6 Å². The Kier molecular flexibility index (Phi) is 1.83. The first-order valence-corrected chi connectivity index (χ1v) is 5.17. The smallest absolute Gasteiger partial charge is 0.313 e. The molecular formula is C12H10N2O2. The molecule has 1 aliphatic carbocycles. The molecule has 1 unspecified atom stereocenters. The number of nitrogens with one attached hydrogen (secondary N) is 2. The van der Waals surface area contributed by atoms with Crippen molar-refractivity contribution in [2.24, 2.45) is 0 Å². The third-order valence-electron chi connectivity index (χ3n) is 2.93. The average molecular weight is 214 g/mol. The lowest BCUT2D eigenvalue weighted by molar-refractivity contribution is -0.139. The van der Waals surface area contributed by atoms with Gasteiger partial charge in [0.2, 0.25) is 0 Å². The molecule has 0 spiro atoms. The lowest BCUT2D eigenvalue weighted by Gasteiger charge is -2.28. The van der Waals surface area contributed by atoms with Crippen LogP contribution in [0.25, 0.3) is 11.8 Å². The van der Waals surface area contributed by atoms with Gasteiger partial charge in [0.25, 0.3) is 0 Å². The summed E-state index contributed by atoms with van der Waals surface area (Å²) < 4.78 is 0. The second-order valence-corrected chi connectivity index (χ2v) is 3.92. The minimum absolute atomic E-state index is 0.0971. The zero-order chi connectivity index (χ0) is 11.1. The van der Waals surface area contributed by atoms with E-state index in [9.17, 15) is 9.59 Å². The second-order valence-electron chi connectivity index (χ2n) is 3.92. The summed E-state index contributed by atoms with van der Waals surface area (Å²) in [5.74, 6) is -1.13. The second kappa shape index (κ2) is 3.20. The average Bonchev–Trinajstić information content (AvgIpc) is 2.31. The molecule has 0 aromatic heterocycles. The van der Waals surface area contributed by atoms with Crippen LogP contribution < -0.4 is 21.1 Å². The van der Waals surface area contributed by atoms with E-state index in [1.165, 1.54) is 0 Å². The number of benzene rings is 1. The Labute approximate surface area is 91.7 Å². The maximum Gasteiger partial charge on any atom is 0.313 e. The zero-order valence-corrected chi connectivity index (χ0v) is 8.49. The molecule has 1 saturated heterocycles. The van der Waals surface area contributed by atoms with Crippen molar-refractivity contribution in [2.45, 2.75) is 12.5 Å². The van der Waals surface area contributed by atoms with Crippen LogP contribution in [0.4, 0.5) is 0 Å². The van der Waals surface area contributed by atoms with Gasteiger partial charge in [-0.3, -0.25) is 9.59 Å². The van der Waals surface area contributed by atoms with Gasteiger partial charge < -0.3 is 10.6 Å². The fourth-order valence-electron chi connectivity index (χ4n) is 2.16. The van der Waals surface area contributed by atoms with E-state index in [1.54, 1.807) is 0 Å². The molecule has 1 aromatic rings. The van der Waals surface area contributed by atoms with Gasteiger partial charge in [-0.25, -0.2) is 0 Å². The van der Waals surface area contributed by atoms with Crippen LogP contribution in [0.5, 0.6) is 0 Å². The normalized spacial score (nSPS) is 22.5. The van der Waals surface area contributed by atoms with Crippen molar-refractivity contribution in [3.8, 4) is 0 Å². The molecule has 2 amide bonds. The zero-order valence-electron chi connectivity index (χ0n) is 8.49. The van der Waals surface area contributed by atoms with Crippen molar-refractivity contribution in [1.82, 2.24) is 10.6 Å². The summed E-state index contributed by atoms with van der Waals surface area (Å²) in [5, 5.41) is 7.45. The quantitative estimate of drug-likeness (QED) is 0.521. The van der Waals surface area contributed by atoms with Gasteiger partial charge >= 0.3 is 11.8 Å². The highest BCUT2D eigenvalue weighted by atomic mass is 16.2. The van der Waals surface area contributed by atoms with E-state index in [0.29, 0.717) is 0 Å². The number of carbonyl (C=O) groups is 2. The fraction of sp³-hybridized carbons (Fsp3) is 0.167. The summed E-state index contributed by atoms with van der Waals surface area (Å²) in [6.07, 6.45) is 2.79. The van der Waals surface area contributed by atoms with Crippen molar-refractivity contribution in [2.75, 3.05) is 0 Å². The first-order valence-electron chi connectivity index (χ1n) is 5.17. The molecule has 0 radical (unpaired) electrons. The van der Waals surface area contributed by atoms with E-state index in [1.807, 2.05) is 24.3 Å². The van der Waals surface area contributed by atoms with Crippen molar-refractivity contribution in [3.63, 3.8) is 0 Å². The summed E-state index contributed by atoms with van der Waals surface area (Å²) >= 11 is 0. The van der Waals surface area contributed by atoms with E-state index < -0.39 is 11.8 Å². The van der Waals surface area contributed by atoms with Gasteiger partial charge in [0.1, 0.15) is 0 Å². The highest BCUT2D eigenvalue weighted by Gasteiger charge is 2.30. The first-order chi connectivity index (χ1) is 7.75. The van der Waals surface area contributed by atoms with Crippen LogP contribution in [0.1, 0.15) is 6.42 Å². The van der Waals surface area contributed by atoms with Gasteiger partial charge in [0.05, 0.1) is 6.04 Å². The standard InChI is InChI=1S/C12H10N2O2/c15-11-12(16)14-10-8-4-2-1-3-7(8)5-6-9(10)13-11/h1-5,9H,6H2,(H,13,15)(H,14,16). The molecule has 1 heterocycles. The van der Waals surface area contributed by atoms with Gasteiger partial charge in [-0.15, -0.1) is 0 Å². The fourth-order valence-corrected chi connectivity index (χ4v) is 2.16. The van der Waals surface area contributed by atoms with Crippen LogP contribution in [0.3, 0.4) is 0 Å². The van der Waals surface area contributed by atoms with Crippen LogP contribution in [0.2, 0.25) is 0 Å². The van der Waals surface area contributed by atoms with Crippen molar-refractivity contribution in [3.05, 3.63) is 34.7 Å². The van der Waals surface area contributed by atoms with E-state index >= 15 is 0 Å². The Hall–Kier alpha value is -2.10. The molecule has 1 atom stereocenters. The van der Waals surface area contributed by atoms with Gasteiger partial charge in [0.15, 0.2) is 0 Å². The van der Waals surface area contributed by atoms with E-state index in [-0.39, 0.29) is 6.04 Å². The van der Waals surface area contributed by atoms with Gasteiger partial charge in [0, 0.05) is 10.9 Å². The topological polar surface area (TPSA) is 58.2 Å². The highest BCUT2D eigenvalue weighted by molar-refractivity contribution is 6.37. The largest absolute Gasteiger partial charge is 0.339 e. The lowest BCUT2D eigenvalue weighted by Crippen LogP contribution is -2.57. The van der Waals surface area contributed by atoms with Crippen LogP contribution in [0, 0.1) is 0 Å². The molecule has 1 fully saturated rings. The monoisotopic (exact) mass is 214 g/mol. The molecule has 4 nitrogen and oxygen atoms in total. The molecule has 0 saturated carbocycles. The molecule has 16 heavy (non-hydrogen) atoms. The molecule has 4 heteroatoms. The number of hydrogen-bond acceptors (Lipinski definition) is 2. The van der Waals surface area contributed by atoms with Crippen LogP contribution in [-0.2, 0) is 9.59 Å². The van der Waals surface area contributed by atoms with Crippen molar-refractivity contribution < 1.29 is 9.59 Å². The van der Waals surface area contributed by atoms with Gasteiger partial charge in [-0.05, 0) is 11.6 Å². The number of piperazine rings is 1. The molecule has 3 rings (SSSR count). The number of carbonyl (C=O) groups excluding carboxylic acids is 2. The first kappa shape index (κ1) is 9.15. The minimum atomic E-state index is -0.581. The Bertz CT molecular complexity index is 604. The highest BCUT2D eigenvalue weighted by Crippen LogP contribution is 2.10. The summed E-state index contributed by atoms with van der Waals surface area (Å²) in [4.78, 5) is 22.5. The summed E-state index contributed by atoms with van der Waals surface area (Å²) in [6, 6.07) is 7.73. The molecular weight excluding hydrogens is 204 g/mol. The maximum absolute atomic E-state index is 11.3. The number of fused-ring (bicyclic) bond motifs is 2. The maximum atomic E-state index is 11.3. The number of amides is 2. The summed E-state index contributed by atoms with van der Waals surface area (Å²) in [5.41, 5.74) is 0.808. The Morgan fingerprint density at radius 3 is 2.81 bits per heavy atom. The lowest BCUT2D eigenvalue weighted by atomic mass is 9.98. The predicted molar refractivity (Wildman–Crippen MR) is 58.3 cm³/mol. The van der Waals surface area contributed by atoms with Gasteiger partial charge in [-0.2, -0.15) is 0 Å². The summed E-state index contributed by atoms with van der Waals surface area (Å²) in [7, 11) is 0. The number of rotatable bonds is 0. The predicted octanol–water partition coefficient (Wildman–Crippen LogP) is -1.41. The van der Waals surface area contributed by atoms with Crippen molar-refractivity contribution in [1.29, 1.82) is 0 Å². The van der Waals surface area contributed by atoms with E-state index in [2.05, 4.69) is 16.7 Å². The summed E-state index contributed by atoms with van der Waals surface area (Å²) in [6.45, 7) is 0. The molecule has 2 aliphatic rings. The third-order valence-corrected chi connectivity index (χ3v) is 2.93. The van der Waals surface area contributed by atoms with Gasteiger partial charge in [-0.1, -0.05) is 30.3 Å². The molecule has 0 bridgehead atoms. The number of hydrogen-bond donors (Lipinski definition) is 2. The molecule has 2 N–H and O–H groups in total. The molecule has 1 aliphatic heterocycles. The van der Waals surface area contributed by atoms with E-state index in [4.69, 9.17) is 0 Å². The minimum Gasteiger partial charge on any atom is -0.339 e. The van der Waals surface area contributed by atoms with Crippen LogP contribution in [0.15, 0.2) is 24.3 Å². The third kappa shape index (κ3) is 1.23. The van der Waals surface area contributed by atoms with Crippen LogP contribution in [-0.4, -0.2) is 17.9 Å². The SMILES string of the molecule is O=C1NC2=c3ccccc3=CCC2NC1=O. The Morgan fingerprint density at radius 1 is 1.12 bits per heavy atom. The molecule has 80 valence electrons. The van der Waals surface area contributed by atoms with E-state index in [0.717, 1.165) is 22.6 Å².